The molecule has 0 bridgehead atoms. The standard InChI is InChI=1S/C33H45N3O6S/c1-24-22-35(31(37)42-27-20-33(23-34-21-27)17-9-7-5-4-6-8-10-18-33)30-19-26(13-16-29(30)36(24)32(38)41-2)25-11-14-28(15-12-25)43(3,39)40/h11-16,19,24,27,34H,4-10,17-18,20-23H2,1-3H3/t24-,27?/m0/s1. The van der Waals surface area contributed by atoms with E-state index in [1.165, 1.54) is 58.3 Å². The molecule has 234 valence electrons. The number of amides is 2. The minimum atomic E-state index is -3.33. The van der Waals surface area contributed by atoms with Crippen LogP contribution in [0.3, 0.4) is 0 Å². The third-order valence-corrected chi connectivity index (χ3v) is 10.5. The fourth-order valence-electron chi connectivity index (χ4n) is 7.05. The van der Waals surface area contributed by atoms with Crippen LogP contribution in [0.1, 0.15) is 71.1 Å². The van der Waals surface area contributed by atoms with Crippen LogP contribution in [0, 0.1) is 5.41 Å². The number of sulfone groups is 1. The molecular formula is C33H45N3O6S. The van der Waals surface area contributed by atoms with Crippen LogP contribution in [-0.2, 0) is 19.3 Å². The Labute approximate surface area is 255 Å². The molecule has 1 aliphatic carbocycles. The third kappa shape index (κ3) is 7.17. The van der Waals surface area contributed by atoms with Crippen molar-refractivity contribution in [3.8, 4) is 11.1 Å². The Hall–Kier alpha value is -3.11. The Kier molecular flexibility index (Phi) is 9.66. The van der Waals surface area contributed by atoms with Crippen LogP contribution in [0.25, 0.3) is 11.1 Å². The van der Waals surface area contributed by atoms with Gasteiger partial charge in [0.1, 0.15) is 6.10 Å². The largest absolute Gasteiger partial charge is 0.452 e. The van der Waals surface area contributed by atoms with Gasteiger partial charge in [0.25, 0.3) is 0 Å². The van der Waals surface area contributed by atoms with Gasteiger partial charge in [-0.2, -0.15) is 0 Å². The second kappa shape index (κ2) is 13.3. The summed E-state index contributed by atoms with van der Waals surface area (Å²) in [6.07, 6.45) is 12.1. The molecule has 0 radical (unpaired) electrons. The highest BCUT2D eigenvalue weighted by Crippen LogP contribution is 2.42. The van der Waals surface area contributed by atoms with Gasteiger partial charge in [0.2, 0.25) is 0 Å². The van der Waals surface area contributed by atoms with Gasteiger partial charge < -0.3 is 14.8 Å². The van der Waals surface area contributed by atoms with E-state index in [1.54, 1.807) is 40.1 Å². The van der Waals surface area contributed by atoms with E-state index in [0.29, 0.717) is 17.9 Å². The highest BCUT2D eigenvalue weighted by molar-refractivity contribution is 7.90. The van der Waals surface area contributed by atoms with Crippen molar-refractivity contribution in [1.29, 1.82) is 0 Å². The molecule has 2 fully saturated rings. The average molecular weight is 612 g/mol. The van der Waals surface area contributed by atoms with E-state index in [0.717, 1.165) is 36.9 Å². The van der Waals surface area contributed by atoms with Crippen molar-refractivity contribution in [2.45, 2.75) is 88.2 Å². The zero-order valence-electron chi connectivity index (χ0n) is 25.6. The number of hydrogen-bond donors (Lipinski definition) is 1. The van der Waals surface area contributed by atoms with Crippen LogP contribution in [0.5, 0.6) is 0 Å². The van der Waals surface area contributed by atoms with Gasteiger partial charge in [0.05, 0.1) is 36.0 Å². The average Bonchev–Trinajstić information content (AvgIpc) is 2.99. The quantitative estimate of drug-likeness (QED) is 0.420. The van der Waals surface area contributed by atoms with Gasteiger partial charge in [-0.1, -0.05) is 63.1 Å². The van der Waals surface area contributed by atoms with E-state index in [9.17, 15) is 18.0 Å². The molecule has 1 unspecified atom stereocenters. The number of nitrogens with one attached hydrogen (secondary N) is 1. The Morgan fingerprint density at radius 2 is 1.51 bits per heavy atom. The zero-order chi connectivity index (χ0) is 30.6. The molecule has 3 aliphatic rings. The second-order valence-electron chi connectivity index (χ2n) is 12.6. The molecule has 2 amide bonds. The lowest BCUT2D eigenvalue weighted by Gasteiger charge is -2.43. The number of anilines is 2. The SMILES string of the molecule is COC(=O)N1c2ccc(-c3ccc(S(C)(=O)=O)cc3)cc2N(C(=O)OC2CNCC3(CCCCCCCCC3)C2)C[C@@H]1C. The van der Waals surface area contributed by atoms with Gasteiger partial charge in [-0.3, -0.25) is 9.80 Å². The maximum atomic E-state index is 13.9. The number of hydrogen-bond acceptors (Lipinski definition) is 7. The molecule has 43 heavy (non-hydrogen) atoms. The first-order valence-electron chi connectivity index (χ1n) is 15.6. The summed E-state index contributed by atoms with van der Waals surface area (Å²) >= 11 is 0. The van der Waals surface area contributed by atoms with Crippen molar-refractivity contribution in [3.63, 3.8) is 0 Å². The molecule has 1 saturated heterocycles. The summed E-state index contributed by atoms with van der Waals surface area (Å²) in [5, 5.41) is 3.58. The predicted octanol–water partition coefficient (Wildman–Crippen LogP) is 6.55. The van der Waals surface area contributed by atoms with Crippen LogP contribution in [0.15, 0.2) is 47.4 Å². The second-order valence-corrected chi connectivity index (χ2v) is 14.6. The number of ether oxygens (including phenoxy) is 2. The summed E-state index contributed by atoms with van der Waals surface area (Å²) in [5.41, 5.74) is 2.84. The monoisotopic (exact) mass is 611 g/mol. The number of nitrogens with zero attached hydrogens (tertiary/aromatic N) is 2. The Balaban J connectivity index is 1.41. The number of carbonyl (C=O) groups is 2. The molecule has 2 heterocycles. The van der Waals surface area contributed by atoms with Gasteiger partial charge in [-0.15, -0.1) is 0 Å². The molecule has 2 aromatic carbocycles. The van der Waals surface area contributed by atoms with E-state index in [1.807, 2.05) is 19.1 Å². The number of piperidine rings is 1. The fraction of sp³-hybridized carbons (Fsp3) is 0.576. The van der Waals surface area contributed by atoms with Crippen molar-refractivity contribution >= 4 is 33.4 Å². The summed E-state index contributed by atoms with van der Waals surface area (Å²) in [6, 6.07) is 11.8. The maximum Gasteiger partial charge on any atom is 0.414 e. The zero-order valence-corrected chi connectivity index (χ0v) is 26.5. The minimum Gasteiger partial charge on any atom is -0.452 e. The van der Waals surface area contributed by atoms with E-state index < -0.39 is 22.0 Å². The first-order chi connectivity index (χ1) is 20.6. The van der Waals surface area contributed by atoms with E-state index in [-0.39, 0.29) is 29.0 Å². The number of methoxy groups -OCH3 is 1. The van der Waals surface area contributed by atoms with Crippen LogP contribution in [0.2, 0.25) is 0 Å². The minimum absolute atomic E-state index is 0.153. The van der Waals surface area contributed by atoms with Crippen molar-refractivity contribution in [1.82, 2.24) is 5.32 Å². The lowest BCUT2D eigenvalue weighted by Crippen LogP contribution is -2.54. The Morgan fingerprint density at radius 1 is 0.884 bits per heavy atom. The van der Waals surface area contributed by atoms with Crippen LogP contribution in [-0.4, -0.2) is 65.7 Å². The summed E-state index contributed by atoms with van der Waals surface area (Å²) in [4.78, 5) is 30.1. The van der Waals surface area contributed by atoms with Crippen molar-refractivity contribution in [3.05, 3.63) is 42.5 Å². The number of carbonyl (C=O) groups excluding carboxylic acids is 2. The summed E-state index contributed by atoms with van der Waals surface area (Å²) in [7, 11) is -1.98. The summed E-state index contributed by atoms with van der Waals surface area (Å²) in [6.45, 7) is 3.74. The Morgan fingerprint density at radius 3 is 2.14 bits per heavy atom. The van der Waals surface area contributed by atoms with Crippen molar-refractivity contribution in [2.75, 3.05) is 42.8 Å². The summed E-state index contributed by atoms with van der Waals surface area (Å²) < 4.78 is 35.2. The fourth-order valence-corrected chi connectivity index (χ4v) is 7.68. The molecule has 2 aliphatic heterocycles. The molecule has 10 heteroatoms. The molecule has 9 nitrogen and oxygen atoms in total. The lowest BCUT2D eigenvalue weighted by atomic mass is 9.71. The van der Waals surface area contributed by atoms with Crippen LogP contribution < -0.4 is 15.1 Å². The molecule has 1 N–H and O–H groups in total. The van der Waals surface area contributed by atoms with E-state index in [4.69, 9.17) is 9.47 Å². The van der Waals surface area contributed by atoms with Crippen LogP contribution >= 0.6 is 0 Å². The molecule has 5 rings (SSSR count). The highest BCUT2D eigenvalue weighted by Gasteiger charge is 2.40. The highest BCUT2D eigenvalue weighted by atomic mass is 32.2. The first kappa shape index (κ1) is 31.3. The maximum absolute atomic E-state index is 13.9. The Bertz CT molecular complexity index is 1400. The summed E-state index contributed by atoms with van der Waals surface area (Å²) in [5.74, 6) is 0. The lowest BCUT2D eigenvalue weighted by molar-refractivity contribution is 0.0287. The molecule has 2 aromatic rings. The smallest absolute Gasteiger partial charge is 0.414 e. The van der Waals surface area contributed by atoms with Gasteiger partial charge in [0.15, 0.2) is 9.84 Å². The number of fused-ring (bicyclic) bond motifs is 1. The van der Waals surface area contributed by atoms with Gasteiger partial charge in [-0.05, 0) is 67.0 Å². The molecule has 0 aromatic heterocycles. The third-order valence-electron chi connectivity index (χ3n) is 9.34. The van der Waals surface area contributed by atoms with E-state index in [2.05, 4.69) is 5.32 Å². The predicted molar refractivity (Wildman–Crippen MR) is 168 cm³/mol. The topological polar surface area (TPSA) is 105 Å². The molecule has 1 saturated carbocycles. The molecule has 2 atom stereocenters. The molecular weight excluding hydrogens is 566 g/mol. The van der Waals surface area contributed by atoms with Gasteiger partial charge in [-0.25, -0.2) is 18.0 Å². The number of rotatable bonds is 3. The van der Waals surface area contributed by atoms with Crippen molar-refractivity contribution < 1.29 is 27.5 Å². The van der Waals surface area contributed by atoms with Crippen molar-refractivity contribution in [2.24, 2.45) is 5.41 Å². The number of benzene rings is 2. The van der Waals surface area contributed by atoms with Crippen LogP contribution in [0.4, 0.5) is 21.0 Å². The molecule has 1 spiro atoms. The van der Waals surface area contributed by atoms with E-state index >= 15 is 0 Å². The van der Waals surface area contributed by atoms with Gasteiger partial charge >= 0.3 is 12.2 Å². The van der Waals surface area contributed by atoms with Gasteiger partial charge in [0, 0.05) is 19.3 Å². The normalized spacial score (nSPS) is 22.9. The first-order valence-corrected chi connectivity index (χ1v) is 17.5.